The molecule has 0 radical (unpaired) electrons. The van der Waals surface area contributed by atoms with Crippen molar-refractivity contribution < 1.29 is 18.3 Å². The number of aromatic amines is 1. The van der Waals surface area contributed by atoms with Crippen molar-refractivity contribution in [3.63, 3.8) is 0 Å². The fourth-order valence-electron chi connectivity index (χ4n) is 3.54. The van der Waals surface area contributed by atoms with Gasteiger partial charge in [0, 0.05) is 41.1 Å². The number of para-hydroxylation sites is 1. The predicted molar refractivity (Wildman–Crippen MR) is 131 cm³/mol. The Morgan fingerprint density at radius 1 is 1.00 bits per heavy atom. The average Bonchev–Trinajstić information content (AvgIpc) is 3.10. The zero-order valence-electron chi connectivity index (χ0n) is 17.5. The normalized spacial score (nSPS) is 12.4. The Hall–Kier alpha value is -2.78. The van der Waals surface area contributed by atoms with Crippen molar-refractivity contribution in [3.8, 4) is 5.75 Å². The number of hydrogen-bond acceptors (Lipinski definition) is 5. The molecule has 0 aliphatic rings. The van der Waals surface area contributed by atoms with Gasteiger partial charge in [-0.1, -0.05) is 30.3 Å². The Morgan fingerprint density at radius 3 is 2.59 bits per heavy atom. The molecular formula is C23H26ClN3O4S. The molecule has 1 unspecified atom stereocenters. The van der Waals surface area contributed by atoms with E-state index in [4.69, 9.17) is 4.74 Å². The lowest BCUT2D eigenvalue weighted by molar-refractivity contribution is 0.172. The molecule has 0 spiro atoms. The van der Waals surface area contributed by atoms with Crippen LogP contribution >= 0.6 is 12.4 Å². The van der Waals surface area contributed by atoms with Crippen LogP contribution in [0.3, 0.4) is 0 Å². The third-order valence-electron chi connectivity index (χ3n) is 4.94. The van der Waals surface area contributed by atoms with E-state index < -0.39 is 16.1 Å². The first-order valence-electron chi connectivity index (χ1n) is 9.99. The smallest absolute Gasteiger partial charge is 0.229 e. The first-order valence-corrected chi connectivity index (χ1v) is 11.9. The monoisotopic (exact) mass is 475 g/mol. The van der Waals surface area contributed by atoms with Crippen LogP contribution in [-0.2, 0) is 10.0 Å². The largest absolute Gasteiger partial charge is 0.492 e. The van der Waals surface area contributed by atoms with E-state index in [-0.39, 0.29) is 12.4 Å². The summed E-state index contributed by atoms with van der Waals surface area (Å²) in [5.74, 6) is 0.779. The number of halogens is 1. The molecule has 0 amide bonds. The molecule has 0 fully saturated rings. The molecule has 1 heterocycles. The second-order valence-corrected chi connectivity index (χ2v) is 9.19. The lowest BCUT2D eigenvalue weighted by Crippen LogP contribution is -2.26. The Balaban J connectivity index is 0.00000289. The number of anilines is 1. The van der Waals surface area contributed by atoms with Crippen LogP contribution in [0.15, 0.2) is 66.7 Å². The van der Waals surface area contributed by atoms with Crippen LogP contribution in [0.25, 0.3) is 21.8 Å². The SMILES string of the molecule is CS(=O)(=O)Nc1cccc(C(O)CNCCOc2ccc3c(c2)[nH]c2ccccc23)c1.Cl. The van der Waals surface area contributed by atoms with Gasteiger partial charge in [0.2, 0.25) is 10.0 Å². The molecule has 1 atom stereocenters. The van der Waals surface area contributed by atoms with Gasteiger partial charge in [0.1, 0.15) is 12.4 Å². The standard InChI is InChI=1S/C23H25N3O4S.ClH/c1-31(28,29)26-17-6-4-5-16(13-17)23(27)15-24-11-12-30-18-9-10-20-19-7-2-3-8-21(19)25-22(20)14-18;/h2-10,13-14,23-27H,11-12,15H2,1H3;1H. The van der Waals surface area contributed by atoms with Gasteiger partial charge in [-0.15, -0.1) is 12.4 Å². The molecule has 0 aliphatic heterocycles. The maximum absolute atomic E-state index is 11.4. The lowest BCUT2D eigenvalue weighted by Gasteiger charge is -2.14. The topological polar surface area (TPSA) is 103 Å². The first kappa shape index (κ1) is 23.9. The summed E-state index contributed by atoms with van der Waals surface area (Å²) < 4.78 is 31.0. The quantitative estimate of drug-likeness (QED) is 0.275. The highest BCUT2D eigenvalue weighted by Gasteiger charge is 2.10. The molecule has 0 bridgehead atoms. The minimum atomic E-state index is -3.36. The van der Waals surface area contributed by atoms with Crippen LogP contribution in [0.1, 0.15) is 11.7 Å². The maximum Gasteiger partial charge on any atom is 0.229 e. The van der Waals surface area contributed by atoms with Crippen LogP contribution in [0.2, 0.25) is 0 Å². The summed E-state index contributed by atoms with van der Waals surface area (Å²) in [5, 5.41) is 15.9. The van der Waals surface area contributed by atoms with Gasteiger partial charge in [-0.25, -0.2) is 8.42 Å². The van der Waals surface area contributed by atoms with E-state index in [1.54, 1.807) is 24.3 Å². The molecule has 9 heteroatoms. The molecule has 4 rings (SSSR count). The van der Waals surface area contributed by atoms with Crippen LogP contribution in [0.4, 0.5) is 5.69 Å². The van der Waals surface area contributed by atoms with Crippen LogP contribution < -0.4 is 14.8 Å². The highest BCUT2D eigenvalue weighted by atomic mass is 35.5. The maximum atomic E-state index is 11.4. The van der Waals surface area contributed by atoms with Gasteiger partial charge in [-0.05, 0) is 35.9 Å². The Bertz CT molecular complexity index is 1310. The Morgan fingerprint density at radius 2 is 1.78 bits per heavy atom. The molecule has 4 N–H and O–H groups in total. The molecule has 0 aliphatic carbocycles. The predicted octanol–water partition coefficient (Wildman–Crippen LogP) is 3.82. The van der Waals surface area contributed by atoms with Crippen molar-refractivity contribution in [2.24, 2.45) is 0 Å². The van der Waals surface area contributed by atoms with Crippen molar-refractivity contribution >= 4 is 49.9 Å². The molecule has 0 saturated heterocycles. The second-order valence-electron chi connectivity index (χ2n) is 7.45. The van der Waals surface area contributed by atoms with Crippen molar-refractivity contribution in [3.05, 3.63) is 72.3 Å². The highest BCUT2D eigenvalue weighted by Crippen LogP contribution is 2.28. The van der Waals surface area contributed by atoms with Gasteiger partial charge < -0.3 is 20.1 Å². The number of aliphatic hydroxyl groups is 1. The number of sulfonamides is 1. The summed E-state index contributed by atoms with van der Waals surface area (Å²) in [6.07, 6.45) is 0.331. The molecule has 0 saturated carbocycles. The van der Waals surface area contributed by atoms with Crippen molar-refractivity contribution in [1.29, 1.82) is 0 Å². The van der Waals surface area contributed by atoms with Crippen LogP contribution in [0.5, 0.6) is 5.75 Å². The Kier molecular flexibility index (Phi) is 7.63. The Labute approximate surface area is 193 Å². The van der Waals surface area contributed by atoms with E-state index in [1.807, 2.05) is 24.3 Å². The summed E-state index contributed by atoms with van der Waals surface area (Å²) in [6.45, 7) is 1.34. The number of ether oxygens (including phenoxy) is 1. The minimum Gasteiger partial charge on any atom is -0.492 e. The van der Waals surface area contributed by atoms with Crippen molar-refractivity contribution in [2.75, 3.05) is 30.7 Å². The van der Waals surface area contributed by atoms with Gasteiger partial charge in [-0.3, -0.25) is 4.72 Å². The fourth-order valence-corrected chi connectivity index (χ4v) is 4.10. The first-order chi connectivity index (χ1) is 14.9. The van der Waals surface area contributed by atoms with E-state index in [9.17, 15) is 13.5 Å². The lowest BCUT2D eigenvalue weighted by atomic mass is 10.1. The molecular weight excluding hydrogens is 450 g/mol. The molecule has 32 heavy (non-hydrogen) atoms. The zero-order valence-corrected chi connectivity index (χ0v) is 19.2. The van der Waals surface area contributed by atoms with E-state index in [0.717, 1.165) is 28.4 Å². The third-order valence-corrected chi connectivity index (χ3v) is 5.54. The van der Waals surface area contributed by atoms with Gasteiger partial charge in [0.05, 0.1) is 17.9 Å². The van der Waals surface area contributed by atoms with E-state index in [0.29, 0.717) is 30.9 Å². The van der Waals surface area contributed by atoms with Crippen LogP contribution in [-0.4, -0.2) is 44.5 Å². The molecule has 170 valence electrons. The summed E-state index contributed by atoms with van der Waals surface area (Å²) in [5.41, 5.74) is 3.19. The third kappa shape index (κ3) is 5.92. The molecule has 1 aromatic heterocycles. The van der Waals surface area contributed by atoms with E-state index >= 15 is 0 Å². The summed E-state index contributed by atoms with van der Waals surface area (Å²) in [6, 6.07) is 20.9. The number of fused-ring (bicyclic) bond motifs is 3. The fraction of sp³-hybridized carbons (Fsp3) is 0.217. The highest BCUT2D eigenvalue weighted by molar-refractivity contribution is 7.92. The van der Waals surface area contributed by atoms with Gasteiger partial charge in [0.15, 0.2) is 0 Å². The number of benzene rings is 3. The van der Waals surface area contributed by atoms with E-state index in [2.05, 4.69) is 33.2 Å². The number of aromatic nitrogens is 1. The second kappa shape index (κ2) is 10.2. The number of hydrogen-bond donors (Lipinski definition) is 4. The molecule has 7 nitrogen and oxygen atoms in total. The number of aliphatic hydroxyl groups excluding tert-OH is 1. The summed E-state index contributed by atoms with van der Waals surface area (Å²) in [7, 11) is -3.36. The molecule has 3 aromatic carbocycles. The number of rotatable bonds is 9. The van der Waals surface area contributed by atoms with Gasteiger partial charge in [-0.2, -0.15) is 0 Å². The summed E-state index contributed by atoms with van der Waals surface area (Å²) >= 11 is 0. The van der Waals surface area contributed by atoms with Gasteiger partial charge in [0.25, 0.3) is 0 Å². The van der Waals surface area contributed by atoms with E-state index in [1.165, 1.54) is 5.39 Å². The van der Waals surface area contributed by atoms with Crippen LogP contribution in [0, 0.1) is 0 Å². The summed E-state index contributed by atoms with van der Waals surface area (Å²) in [4.78, 5) is 3.40. The minimum absolute atomic E-state index is 0. The number of H-pyrrole nitrogens is 1. The van der Waals surface area contributed by atoms with Crippen molar-refractivity contribution in [2.45, 2.75) is 6.10 Å². The zero-order chi connectivity index (χ0) is 21.8. The number of nitrogens with one attached hydrogen (secondary N) is 3. The average molecular weight is 476 g/mol. The molecule has 4 aromatic rings. The van der Waals surface area contributed by atoms with Gasteiger partial charge >= 0.3 is 0 Å². The van der Waals surface area contributed by atoms with Crippen molar-refractivity contribution in [1.82, 2.24) is 10.3 Å².